The second-order valence-electron chi connectivity index (χ2n) is 7.11. The van der Waals surface area contributed by atoms with Crippen molar-refractivity contribution in [1.82, 2.24) is 16.0 Å². The highest BCUT2D eigenvalue weighted by Crippen LogP contribution is 2.20. The van der Waals surface area contributed by atoms with Gasteiger partial charge in [-0.25, -0.2) is 9.38 Å². The van der Waals surface area contributed by atoms with Crippen LogP contribution in [0.25, 0.3) is 0 Å². The molecule has 176 valence electrons. The first-order chi connectivity index (χ1) is 15.0. The largest absolute Gasteiger partial charge is 0.370 e. The average molecular weight is 555 g/mol. The van der Waals surface area contributed by atoms with Crippen molar-refractivity contribution in [3.8, 4) is 0 Å². The molecule has 0 spiro atoms. The van der Waals surface area contributed by atoms with Gasteiger partial charge in [0.15, 0.2) is 5.96 Å². The minimum absolute atomic E-state index is 0. The maximum Gasteiger partial charge on any atom is 0.251 e. The maximum atomic E-state index is 14.5. The van der Waals surface area contributed by atoms with Gasteiger partial charge in [0.05, 0.1) is 12.2 Å². The van der Waals surface area contributed by atoms with Gasteiger partial charge in [0, 0.05) is 38.8 Å². The molecule has 0 aliphatic rings. The van der Waals surface area contributed by atoms with Crippen LogP contribution in [-0.2, 0) is 13.0 Å². The standard InChI is InChI=1S/C24H34FN5O.HI/c1-5-27-24(28-14-13-18-9-8-10-20(15-18)23(31)26-4)29-17-19-11-12-22(21(25)16-19)30(6-2)7-3;/h8-12,15-16H,5-7,13-14,17H2,1-4H3,(H,26,31)(H2,27,28,29);1H. The van der Waals surface area contributed by atoms with Crippen molar-refractivity contribution in [3.63, 3.8) is 0 Å². The van der Waals surface area contributed by atoms with Gasteiger partial charge in [-0.3, -0.25) is 4.79 Å². The molecule has 0 aliphatic carbocycles. The predicted octanol–water partition coefficient (Wildman–Crippen LogP) is 3.95. The Kier molecular flexibility index (Phi) is 12.7. The zero-order valence-electron chi connectivity index (χ0n) is 19.4. The molecule has 0 unspecified atom stereocenters. The molecule has 0 aromatic heterocycles. The van der Waals surface area contributed by atoms with Gasteiger partial charge in [-0.15, -0.1) is 24.0 Å². The fraction of sp³-hybridized carbons (Fsp3) is 0.417. The van der Waals surface area contributed by atoms with Crippen molar-refractivity contribution in [2.45, 2.75) is 33.7 Å². The SMILES string of the molecule is CCNC(=NCc1ccc(N(CC)CC)c(F)c1)NCCc1cccc(C(=O)NC)c1.I. The number of carbonyl (C=O) groups is 1. The molecule has 0 bridgehead atoms. The van der Waals surface area contributed by atoms with Crippen molar-refractivity contribution in [2.24, 2.45) is 4.99 Å². The van der Waals surface area contributed by atoms with E-state index in [0.717, 1.165) is 37.2 Å². The minimum Gasteiger partial charge on any atom is -0.370 e. The van der Waals surface area contributed by atoms with Crippen LogP contribution in [0, 0.1) is 5.82 Å². The molecule has 0 radical (unpaired) electrons. The highest BCUT2D eigenvalue weighted by Gasteiger charge is 2.09. The Balaban J connectivity index is 0.00000512. The summed E-state index contributed by atoms with van der Waals surface area (Å²) in [5.41, 5.74) is 3.17. The van der Waals surface area contributed by atoms with Crippen molar-refractivity contribution < 1.29 is 9.18 Å². The van der Waals surface area contributed by atoms with Crippen molar-refractivity contribution >= 4 is 41.5 Å². The topological polar surface area (TPSA) is 68.8 Å². The number of hydrogen-bond acceptors (Lipinski definition) is 3. The molecule has 0 heterocycles. The number of rotatable bonds is 10. The Labute approximate surface area is 208 Å². The van der Waals surface area contributed by atoms with Crippen molar-refractivity contribution in [3.05, 3.63) is 65.0 Å². The summed E-state index contributed by atoms with van der Waals surface area (Å²) in [4.78, 5) is 18.4. The number of nitrogens with one attached hydrogen (secondary N) is 3. The van der Waals surface area contributed by atoms with Crippen LogP contribution >= 0.6 is 24.0 Å². The van der Waals surface area contributed by atoms with E-state index < -0.39 is 0 Å². The number of hydrogen-bond donors (Lipinski definition) is 3. The van der Waals surface area contributed by atoms with E-state index in [2.05, 4.69) is 20.9 Å². The van der Waals surface area contributed by atoms with Crippen LogP contribution in [0.2, 0.25) is 0 Å². The van der Waals surface area contributed by atoms with Crippen molar-refractivity contribution in [2.75, 3.05) is 38.1 Å². The fourth-order valence-electron chi connectivity index (χ4n) is 3.32. The van der Waals surface area contributed by atoms with E-state index in [1.165, 1.54) is 0 Å². The van der Waals surface area contributed by atoms with Gasteiger partial charge in [-0.05, 0) is 62.6 Å². The lowest BCUT2D eigenvalue weighted by Crippen LogP contribution is -2.38. The first-order valence-electron chi connectivity index (χ1n) is 10.9. The molecule has 0 saturated heterocycles. The number of benzene rings is 2. The van der Waals surface area contributed by atoms with Crippen LogP contribution < -0.4 is 20.9 Å². The van der Waals surface area contributed by atoms with Crippen LogP contribution in [0.15, 0.2) is 47.5 Å². The lowest BCUT2D eigenvalue weighted by atomic mass is 10.1. The third-order valence-electron chi connectivity index (χ3n) is 5.00. The Morgan fingerprint density at radius 3 is 2.41 bits per heavy atom. The number of aliphatic imine (C=N–C) groups is 1. The summed E-state index contributed by atoms with van der Waals surface area (Å²) < 4.78 is 14.5. The summed E-state index contributed by atoms with van der Waals surface area (Å²) >= 11 is 0. The molecule has 3 N–H and O–H groups in total. The van der Waals surface area contributed by atoms with E-state index in [-0.39, 0.29) is 35.7 Å². The normalized spacial score (nSPS) is 10.8. The Hall–Kier alpha value is -2.36. The smallest absolute Gasteiger partial charge is 0.251 e. The molecule has 2 aromatic carbocycles. The summed E-state index contributed by atoms with van der Waals surface area (Å²) in [5, 5.41) is 9.15. The number of carbonyl (C=O) groups excluding carboxylic acids is 1. The second kappa shape index (κ2) is 14.7. The summed E-state index contributed by atoms with van der Waals surface area (Å²) in [6.45, 7) is 9.36. The van der Waals surface area contributed by atoms with Gasteiger partial charge < -0.3 is 20.9 Å². The molecular weight excluding hydrogens is 520 g/mol. The molecule has 1 amide bonds. The zero-order valence-corrected chi connectivity index (χ0v) is 21.7. The van der Waals surface area contributed by atoms with Crippen LogP contribution in [0.5, 0.6) is 0 Å². The zero-order chi connectivity index (χ0) is 22.6. The highest BCUT2D eigenvalue weighted by atomic mass is 127. The second-order valence-corrected chi connectivity index (χ2v) is 7.11. The molecule has 32 heavy (non-hydrogen) atoms. The van der Waals surface area contributed by atoms with Gasteiger partial charge in [0.25, 0.3) is 5.91 Å². The fourth-order valence-corrected chi connectivity index (χ4v) is 3.32. The Bertz CT molecular complexity index is 886. The number of guanidine groups is 1. The summed E-state index contributed by atoms with van der Waals surface area (Å²) in [6, 6.07) is 12.9. The quantitative estimate of drug-likeness (QED) is 0.236. The average Bonchev–Trinajstić information content (AvgIpc) is 2.79. The van der Waals surface area contributed by atoms with E-state index in [4.69, 9.17) is 0 Å². The lowest BCUT2D eigenvalue weighted by molar-refractivity contribution is 0.0963. The lowest BCUT2D eigenvalue weighted by Gasteiger charge is -2.21. The Morgan fingerprint density at radius 1 is 1.03 bits per heavy atom. The molecule has 6 nitrogen and oxygen atoms in total. The van der Waals surface area contributed by atoms with Crippen molar-refractivity contribution in [1.29, 1.82) is 0 Å². The van der Waals surface area contributed by atoms with Gasteiger partial charge in [0.1, 0.15) is 5.82 Å². The van der Waals surface area contributed by atoms with Crippen LogP contribution in [-0.4, -0.2) is 45.1 Å². The first kappa shape index (κ1) is 27.7. The summed E-state index contributed by atoms with van der Waals surface area (Å²) in [7, 11) is 1.62. The summed E-state index contributed by atoms with van der Waals surface area (Å²) in [5.74, 6) is 0.368. The molecule has 0 saturated carbocycles. The van der Waals surface area contributed by atoms with E-state index in [0.29, 0.717) is 30.3 Å². The summed E-state index contributed by atoms with van der Waals surface area (Å²) in [6.07, 6.45) is 0.752. The molecule has 0 fully saturated rings. The van der Waals surface area contributed by atoms with E-state index in [1.54, 1.807) is 19.2 Å². The highest BCUT2D eigenvalue weighted by molar-refractivity contribution is 14.0. The molecular formula is C24H35FIN5O. The minimum atomic E-state index is -0.217. The van der Waals surface area contributed by atoms with E-state index >= 15 is 0 Å². The number of amides is 1. The van der Waals surface area contributed by atoms with Gasteiger partial charge in [-0.2, -0.15) is 0 Å². The van der Waals surface area contributed by atoms with E-state index in [1.807, 2.05) is 56.0 Å². The number of nitrogens with zero attached hydrogens (tertiary/aromatic N) is 2. The maximum absolute atomic E-state index is 14.5. The molecule has 8 heteroatoms. The number of anilines is 1. The predicted molar refractivity (Wildman–Crippen MR) is 142 cm³/mol. The molecule has 0 atom stereocenters. The third kappa shape index (κ3) is 8.29. The first-order valence-corrected chi connectivity index (χ1v) is 10.9. The third-order valence-corrected chi connectivity index (χ3v) is 5.00. The number of halogens is 2. The van der Waals surface area contributed by atoms with Crippen LogP contribution in [0.4, 0.5) is 10.1 Å². The van der Waals surface area contributed by atoms with Gasteiger partial charge >= 0.3 is 0 Å². The molecule has 2 rings (SSSR count). The monoisotopic (exact) mass is 555 g/mol. The van der Waals surface area contributed by atoms with Gasteiger partial charge in [-0.1, -0.05) is 18.2 Å². The molecule has 2 aromatic rings. The molecule has 0 aliphatic heterocycles. The van der Waals surface area contributed by atoms with Gasteiger partial charge in [0.2, 0.25) is 0 Å². The van der Waals surface area contributed by atoms with Crippen LogP contribution in [0.3, 0.4) is 0 Å². The Morgan fingerprint density at radius 2 is 1.78 bits per heavy atom. The van der Waals surface area contributed by atoms with Crippen LogP contribution in [0.1, 0.15) is 42.3 Å². The van der Waals surface area contributed by atoms with E-state index in [9.17, 15) is 9.18 Å².